The zero-order valence-electron chi connectivity index (χ0n) is 13.4. The van der Waals surface area contributed by atoms with Crippen molar-refractivity contribution < 1.29 is 9.53 Å². The number of hydrogen-bond acceptors (Lipinski definition) is 4. The molecule has 0 bridgehead atoms. The molecule has 0 saturated carbocycles. The lowest BCUT2D eigenvalue weighted by molar-refractivity contribution is 0.0523. The van der Waals surface area contributed by atoms with Crippen molar-refractivity contribution in [3.8, 4) is 11.3 Å². The molecule has 0 unspecified atom stereocenters. The highest BCUT2D eigenvalue weighted by atomic mass is 35.5. The predicted octanol–water partition coefficient (Wildman–Crippen LogP) is 3.40. The van der Waals surface area contributed by atoms with Gasteiger partial charge in [0.2, 0.25) is 0 Å². The summed E-state index contributed by atoms with van der Waals surface area (Å²) in [6, 6.07) is 8.54. The van der Waals surface area contributed by atoms with Gasteiger partial charge in [0.25, 0.3) is 5.56 Å². The van der Waals surface area contributed by atoms with Crippen LogP contribution in [0, 0.1) is 5.92 Å². The number of carbonyl (C=O) groups excluding carboxylic acids is 1. The van der Waals surface area contributed by atoms with Crippen LogP contribution in [-0.2, 0) is 11.3 Å². The molecule has 0 spiro atoms. The zero-order chi connectivity index (χ0) is 17.0. The fourth-order valence-corrected chi connectivity index (χ4v) is 2.25. The van der Waals surface area contributed by atoms with E-state index in [0.29, 0.717) is 17.3 Å². The summed E-state index contributed by atoms with van der Waals surface area (Å²) in [7, 11) is 0. The van der Waals surface area contributed by atoms with Gasteiger partial charge in [0, 0.05) is 17.1 Å². The van der Waals surface area contributed by atoms with Crippen molar-refractivity contribution in [2.45, 2.75) is 27.3 Å². The first kappa shape index (κ1) is 17.2. The highest BCUT2D eigenvalue weighted by Gasteiger charge is 2.17. The van der Waals surface area contributed by atoms with E-state index in [1.807, 2.05) is 13.8 Å². The lowest BCUT2D eigenvalue weighted by atomic mass is 10.1. The van der Waals surface area contributed by atoms with Gasteiger partial charge in [0.1, 0.15) is 5.56 Å². The maximum Gasteiger partial charge on any atom is 0.343 e. The van der Waals surface area contributed by atoms with E-state index in [-0.39, 0.29) is 18.1 Å². The number of rotatable bonds is 5. The Hall–Kier alpha value is -2.14. The third kappa shape index (κ3) is 4.20. The Kier molecular flexibility index (Phi) is 5.55. The molecule has 2 aromatic rings. The fourth-order valence-electron chi connectivity index (χ4n) is 2.13. The van der Waals surface area contributed by atoms with Gasteiger partial charge in [0.05, 0.1) is 12.3 Å². The molecule has 0 atom stereocenters. The molecule has 1 aromatic heterocycles. The minimum atomic E-state index is -0.632. The Labute approximate surface area is 139 Å². The minimum Gasteiger partial charge on any atom is -0.462 e. The molecule has 0 saturated heterocycles. The first-order valence-corrected chi connectivity index (χ1v) is 7.85. The van der Waals surface area contributed by atoms with Crippen LogP contribution < -0.4 is 5.56 Å². The van der Waals surface area contributed by atoms with E-state index in [1.165, 1.54) is 10.7 Å². The molecular formula is C17H19ClN2O3. The van der Waals surface area contributed by atoms with E-state index in [2.05, 4.69) is 5.10 Å². The Bertz CT molecular complexity index is 751. The van der Waals surface area contributed by atoms with E-state index in [1.54, 1.807) is 31.2 Å². The van der Waals surface area contributed by atoms with Gasteiger partial charge in [-0.15, -0.1) is 0 Å². The highest BCUT2D eigenvalue weighted by molar-refractivity contribution is 6.30. The summed E-state index contributed by atoms with van der Waals surface area (Å²) >= 11 is 5.90. The lowest BCUT2D eigenvalue weighted by Gasteiger charge is -2.12. The number of benzene rings is 1. The second kappa shape index (κ2) is 7.42. The number of hydrogen-bond donors (Lipinski definition) is 0. The molecule has 0 N–H and O–H groups in total. The maximum absolute atomic E-state index is 12.4. The molecule has 0 fully saturated rings. The van der Waals surface area contributed by atoms with Gasteiger partial charge in [-0.05, 0) is 31.0 Å². The minimum absolute atomic E-state index is 0.00699. The summed E-state index contributed by atoms with van der Waals surface area (Å²) in [6.45, 7) is 6.29. The zero-order valence-corrected chi connectivity index (χ0v) is 14.1. The quantitative estimate of drug-likeness (QED) is 0.786. The van der Waals surface area contributed by atoms with E-state index in [0.717, 1.165) is 5.56 Å². The third-order valence-electron chi connectivity index (χ3n) is 3.15. The monoisotopic (exact) mass is 334 g/mol. The van der Waals surface area contributed by atoms with E-state index in [4.69, 9.17) is 16.3 Å². The SMILES string of the molecule is CCOC(=O)c1cc(-c2ccc(Cl)cc2)nn(CC(C)C)c1=O. The average molecular weight is 335 g/mol. The van der Waals surface area contributed by atoms with Crippen LogP contribution in [-0.4, -0.2) is 22.4 Å². The normalized spacial score (nSPS) is 10.8. The first-order chi connectivity index (χ1) is 10.9. The molecule has 0 aliphatic rings. The van der Waals surface area contributed by atoms with Gasteiger partial charge in [-0.2, -0.15) is 5.10 Å². The first-order valence-electron chi connectivity index (χ1n) is 7.47. The van der Waals surface area contributed by atoms with Gasteiger partial charge in [0.15, 0.2) is 0 Å². The predicted molar refractivity (Wildman–Crippen MR) is 89.7 cm³/mol. The number of halogens is 1. The molecule has 23 heavy (non-hydrogen) atoms. The summed E-state index contributed by atoms with van der Waals surface area (Å²) in [5, 5.41) is 4.98. The summed E-state index contributed by atoms with van der Waals surface area (Å²) in [4.78, 5) is 24.5. The van der Waals surface area contributed by atoms with Gasteiger partial charge in [-0.1, -0.05) is 37.6 Å². The van der Waals surface area contributed by atoms with Crippen LogP contribution in [0.3, 0.4) is 0 Å². The van der Waals surface area contributed by atoms with Crippen molar-refractivity contribution in [1.82, 2.24) is 9.78 Å². The highest BCUT2D eigenvalue weighted by Crippen LogP contribution is 2.20. The Morgan fingerprint density at radius 2 is 1.96 bits per heavy atom. The van der Waals surface area contributed by atoms with E-state index in [9.17, 15) is 9.59 Å². The van der Waals surface area contributed by atoms with E-state index >= 15 is 0 Å². The second-order valence-electron chi connectivity index (χ2n) is 5.55. The van der Waals surface area contributed by atoms with Gasteiger partial charge in [-0.3, -0.25) is 4.79 Å². The Balaban J connectivity index is 2.58. The van der Waals surface area contributed by atoms with Crippen molar-refractivity contribution in [2.75, 3.05) is 6.61 Å². The molecule has 1 heterocycles. The molecule has 122 valence electrons. The average Bonchev–Trinajstić information content (AvgIpc) is 2.50. The van der Waals surface area contributed by atoms with Crippen LogP contribution in [0.25, 0.3) is 11.3 Å². The number of esters is 1. The van der Waals surface area contributed by atoms with Crippen LogP contribution in [0.2, 0.25) is 5.02 Å². The lowest BCUT2D eigenvalue weighted by Crippen LogP contribution is -2.31. The molecule has 0 aliphatic carbocycles. The number of carbonyl (C=O) groups is 1. The molecule has 5 nitrogen and oxygen atoms in total. The summed E-state index contributed by atoms with van der Waals surface area (Å²) in [5.41, 5.74) is 0.865. The van der Waals surface area contributed by atoms with Crippen LogP contribution in [0.1, 0.15) is 31.1 Å². The molecule has 1 aromatic carbocycles. The maximum atomic E-state index is 12.4. The van der Waals surface area contributed by atoms with Gasteiger partial charge in [-0.25, -0.2) is 9.48 Å². The van der Waals surface area contributed by atoms with Crippen molar-refractivity contribution in [3.63, 3.8) is 0 Å². The second-order valence-corrected chi connectivity index (χ2v) is 5.99. The largest absolute Gasteiger partial charge is 0.462 e. The standard InChI is InChI=1S/C17H19ClN2O3/c1-4-23-17(22)14-9-15(12-5-7-13(18)8-6-12)19-20(16(14)21)10-11(2)3/h5-9,11H,4,10H2,1-3H3. The van der Waals surface area contributed by atoms with Crippen LogP contribution in [0.5, 0.6) is 0 Å². The molecule has 0 amide bonds. The number of nitrogens with zero attached hydrogens (tertiary/aromatic N) is 2. The summed E-state index contributed by atoms with van der Waals surface area (Å²) < 4.78 is 6.30. The summed E-state index contributed by atoms with van der Waals surface area (Å²) in [5.74, 6) is -0.414. The van der Waals surface area contributed by atoms with Crippen molar-refractivity contribution in [1.29, 1.82) is 0 Å². The number of aromatic nitrogens is 2. The molecule has 6 heteroatoms. The van der Waals surface area contributed by atoms with Gasteiger partial charge >= 0.3 is 5.97 Å². The molecular weight excluding hydrogens is 316 g/mol. The third-order valence-corrected chi connectivity index (χ3v) is 3.40. The van der Waals surface area contributed by atoms with Crippen LogP contribution in [0.15, 0.2) is 35.1 Å². The molecule has 0 radical (unpaired) electrons. The van der Waals surface area contributed by atoms with Crippen molar-refractivity contribution >= 4 is 17.6 Å². The molecule has 0 aliphatic heterocycles. The fraction of sp³-hybridized carbons (Fsp3) is 0.353. The topological polar surface area (TPSA) is 61.2 Å². The summed E-state index contributed by atoms with van der Waals surface area (Å²) in [6.07, 6.45) is 0. The Morgan fingerprint density at radius 3 is 2.52 bits per heavy atom. The van der Waals surface area contributed by atoms with Crippen molar-refractivity contribution in [2.24, 2.45) is 5.92 Å². The Morgan fingerprint density at radius 1 is 1.30 bits per heavy atom. The smallest absolute Gasteiger partial charge is 0.343 e. The van der Waals surface area contributed by atoms with Crippen molar-refractivity contribution in [3.05, 3.63) is 51.3 Å². The number of ether oxygens (including phenoxy) is 1. The van der Waals surface area contributed by atoms with Crippen LogP contribution in [0.4, 0.5) is 0 Å². The van der Waals surface area contributed by atoms with Crippen LogP contribution >= 0.6 is 11.6 Å². The molecule has 2 rings (SSSR count). The van der Waals surface area contributed by atoms with E-state index < -0.39 is 11.5 Å². The van der Waals surface area contributed by atoms with Gasteiger partial charge < -0.3 is 4.74 Å².